The van der Waals surface area contributed by atoms with Crippen LogP contribution in [0.4, 0.5) is 11.6 Å². The standard InChI is InChI=1S/C54H62BN2OS/c1-12-20-40(28-31-56-39-24-18-19-32-59-48-25-17-16-21-37(48)33-39)57(41-26-27-43(51(2,3)4)44(34-41)52(5,6)7)50-49(55-38-22-14-13-15-23-38)42-35-45-46(36-47(42)58-50)54(10,11)30-29-53(45,8)9/h12-28,31-36,43-44,56H,1,29-30H2,2-11H3/b24-18?,31-28+,32-19?,39-33?,40-20+. The third kappa shape index (κ3) is 9.11. The van der Waals surface area contributed by atoms with Crippen LogP contribution < -0.4 is 21.1 Å². The van der Waals surface area contributed by atoms with Gasteiger partial charge in [-0.3, -0.25) is 4.90 Å². The Morgan fingerprint density at radius 1 is 0.831 bits per heavy atom. The van der Waals surface area contributed by atoms with E-state index in [1.54, 1.807) is 11.3 Å². The summed E-state index contributed by atoms with van der Waals surface area (Å²) in [5, 5.41) is 8.05. The van der Waals surface area contributed by atoms with Crippen molar-refractivity contribution in [1.82, 2.24) is 0 Å². The minimum absolute atomic E-state index is 0.0151. The molecule has 1 radical (unpaired) electrons. The molecular weight excluding hydrogens is 735 g/mol. The monoisotopic (exact) mass is 797 g/mol. The molecule has 2 atom stereocenters. The van der Waals surface area contributed by atoms with Gasteiger partial charge in [0.2, 0.25) is 0 Å². The quantitative estimate of drug-likeness (QED) is 0.119. The molecule has 7 rings (SSSR count). The number of nitrogens with zero attached hydrogens (tertiary/aromatic N) is 1. The molecule has 5 aromatic rings. The molecule has 0 aliphatic heterocycles. The van der Waals surface area contributed by atoms with Crippen LogP contribution in [0.5, 0.6) is 0 Å². The number of rotatable bonds is 9. The first-order valence-corrected chi connectivity index (χ1v) is 22.1. The number of anilines is 2. The van der Waals surface area contributed by atoms with Crippen molar-refractivity contribution in [3.63, 3.8) is 0 Å². The highest BCUT2D eigenvalue weighted by molar-refractivity contribution is 7.16. The van der Waals surface area contributed by atoms with Crippen LogP contribution >= 0.6 is 11.3 Å². The minimum Gasteiger partial charge on any atom is -0.440 e. The first kappa shape index (κ1) is 42.1. The minimum atomic E-state index is 0.0151. The van der Waals surface area contributed by atoms with Gasteiger partial charge in [-0.15, -0.1) is 11.3 Å². The van der Waals surface area contributed by atoms with E-state index in [1.165, 1.54) is 21.2 Å². The lowest BCUT2D eigenvalue weighted by molar-refractivity contribution is 0.140. The van der Waals surface area contributed by atoms with Crippen LogP contribution in [-0.2, 0) is 10.8 Å². The molecule has 0 bridgehead atoms. The summed E-state index contributed by atoms with van der Waals surface area (Å²) in [6.45, 7) is 28.0. The zero-order valence-corrected chi connectivity index (χ0v) is 37.7. The van der Waals surface area contributed by atoms with Gasteiger partial charge in [0.25, 0.3) is 0 Å². The van der Waals surface area contributed by atoms with E-state index < -0.39 is 0 Å². The van der Waals surface area contributed by atoms with Crippen molar-refractivity contribution >= 4 is 62.2 Å². The number of nitrogens with one attached hydrogen (secondary N) is 1. The Hall–Kier alpha value is -5.00. The van der Waals surface area contributed by atoms with E-state index in [0.717, 1.165) is 57.7 Å². The van der Waals surface area contributed by atoms with Gasteiger partial charge >= 0.3 is 0 Å². The summed E-state index contributed by atoms with van der Waals surface area (Å²) in [7, 11) is 2.30. The second-order valence-corrected chi connectivity index (χ2v) is 20.8. The fourth-order valence-electron chi connectivity index (χ4n) is 8.88. The maximum absolute atomic E-state index is 7.29. The third-order valence-corrected chi connectivity index (χ3v) is 13.3. The summed E-state index contributed by atoms with van der Waals surface area (Å²) in [5.74, 6) is 1.42. The van der Waals surface area contributed by atoms with Crippen LogP contribution in [0.3, 0.4) is 0 Å². The van der Waals surface area contributed by atoms with Crippen LogP contribution in [0.1, 0.15) is 93.2 Å². The van der Waals surface area contributed by atoms with Crippen molar-refractivity contribution in [3.05, 3.63) is 168 Å². The van der Waals surface area contributed by atoms with Crippen molar-refractivity contribution in [2.75, 3.05) is 10.2 Å². The lowest BCUT2D eigenvalue weighted by atomic mass is 9.60. The summed E-state index contributed by atoms with van der Waals surface area (Å²) in [6.07, 6.45) is 17.7. The van der Waals surface area contributed by atoms with E-state index in [4.69, 9.17) is 4.42 Å². The van der Waals surface area contributed by atoms with Gasteiger partial charge in [-0.25, -0.2) is 0 Å². The van der Waals surface area contributed by atoms with Crippen molar-refractivity contribution in [3.8, 4) is 0 Å². The second-order valence-electron chi connectivity index (χ2n) is 19.9. The van der Waals surface area contributed by atoms with Gasteiger partial charge in [-0.1, -0.05) is 160 Å². The zero-order valence-electron chi connectivity index (χ0n) is 36.9. The molecule has 0 saturated carbocycles. The van der Waals surface area contributed by atoms with Gasteiger partial charge in [0, 0.05) is 27.7 Å². The Bertz CT molecular complexity index is 2510. The van der Waals surface area contributed by atoms with Gasteiger partial charge in [0.1, 0.15) is 5.58 Å². The van der Waals surface area contributed by atoms with Gasteiger partial charge in [0.15, 0.2) is 13.2 Å². The fourth-order valence-corrected chi connectivity index (χ4v) is 9.61. The highest BCUT2D eigenvalue weighted by Crippen LogP contribution is 2.49. The third-order valence-electron chi connectivity index (χ3n) is 12.4. The highest BCUT2D eigenvalue weighted by atomic mass is 32.1. The number of fused-ring (bicyclic) bond motifs is 3. The first-order valence-electron chi connectivity index (χ1n) is 21.2. The molecule has 3 aromatic carbocycles. The van der Waals surface area contributed by atoms with E-state index >= 15 is 0 Å². The Balaban J connectivity index is 1.46. The number of benzene rings is 3. The molecule has 2 aromatic heterocycles. The molecule has 2 heterocycles. The molecule has 2 unspecified atom stereocenters. The van der Waals surface area contributed by atoms with E-state index in [9.17, 15) is 0 Å². The number of allylic oxidation sites excluding steroid dienone is 6. The van der Waals surface area contributed by atoms with Crippen LogP contribution in [0.2, 0.25) is 0 Å². The number of hydrogen-bond donors (Lipinski definition) is 1. The Morgan fingerprint density at radius 2 is 1.49 bits per heavy atom. The van der Waals surface area contributed by atoms with Crippen molar-refractivity contribution in [2.24, 2.45) is 22.7 Å². The summed E-state index contributed by atoms with van der Waals surface area (Å²) < 4.78 is 8.51. The molecule has 0 fully saturated rings. The molecule has 2 aliphatic carbocycles. The molecule has 3 nitrogen and oxygen atoms in total. The molecule has 1 N–H and O–H groups in total. The maximum atomic E-state index is 7.29. The van der Waals surface area contributed by atoms with E-state index in [0.29, 0.717) is 5.92 Å². The molecule has 59 heavy (non-hydrogen) atoms. The average Bonchev–Trinajstić information content (AvgIpc) is 3.56. The van der Waals surface area contributed by atoms with Crippen LogP contribution in [0.15, 0.2) is 161 Å². The predicted molar refractivity (Wildman–Crippen MR) is 259 cm³/mol. The van der Waals surface area contributed by atoms with Crippen molar-refractivity contribution in [2.45, 2.75) is 92.9 Å². The van der Waals surface area contributed by atoms with Crippen molar-refractivity contribution in [1.29, 1.82) is 0 Å². The molecule has 2 aliphatic rings. The normalized spacial score (nSPS) is 18.9. The van der Waals surface area contributed by atoms with Crippen molar-refractivity contribution < 1.29 is 4.42 Å². The average molecular weight is 798 g/mol. The molecule has 0 amide bonds. The summed E-state index contributed by atoms with van der Waals surface area (Å²) in [4.78, 5) is 2.32. The molecule has 5 heteroatoms. The summed E-state index contributed by atoms with van der Waals surface area (Å²) >= 11 is 1.73. The van der Waals surface area contributed by atoms with E-state index in [2.05, 4.69) is 220 Å². The second kappa shape index (κ2) is 16.6. The summed E-state index contributed by atoms with van der Waals surface area (Å²) in [6, 6.07) is 32.4. The topological polar surface area (TPSA) is 28.4 Å². The van der Waals surface area contributed by atoms with Crippen LogP contribution in [-0.4, -0.2) is 7.28 Å². The largest absolute Gasteiger partial charge is 0.440 e. The SMILES string of the molecule is C=C/C=C(\C=C\Nc1ccccsc2ccccc2c1)N(C1=CC(C(C)(C)C)C(C(C)(C)C)C=C1)c1oc2cc3c(cc2c1[B]c1ccccc1)C(C)(C)CCC3(C)C. The van der Waals surface area contributed by atoms with Gasteiger partial charge < -0.3 is 9.73 Å². The molecular formula is C54H62BN2OS. The van der Waals surface area contributed by atoms with Gasteiger partial charge in [-0.2, -0.15) is 0 Å². The highest BCUT2D eigenvalue weighted by Gasteiger charge is 2.41. The predicted octanol–water partition coefficient (Wildman–Crippen LogP) is 14.1. The molecule has 0 spiro atoms. The van der Waals surface area contributed by atoms with Gasteiger partial charge in [0.05, 0.1) is 5.70 Å². The maximum Gasteiger partial charge on any atom is 0.199 e. The molecule has 0 saturated heterocycles. The van der Waals surface area contributed by atoms with E-state index in [1.807, 2.05) is 12.3 Å². The number of hydrogen-bond acceptors (Lipinski definition) is 4. The van der Waals surface area contributed by atoms with Gasteiger partial charge in [-0.05, 0) is 122 Å². The van der Waals surface area contributed by atoms with E-state index in [-0.39, 0.29) is 27.6 Å². The number of furan rings is 1. The lowest BCUT2D eigenvalue weighted by Gasteiger charge is -2.44. The molecule has 303 valence electrons. The van der Waals surface area contributed by atoms with Crippen LogP contribution in [0, 0.1) is 22.7 Å². The van der Waals surface area contributed by atoms with Crippen LogP contribution in [0.25, 0.3) is 21.1 Å². The Morgan fingerprint density at radius 3 is 2.19 bits per heavy atom. The zero-order chi connectivity index (χ0) is 42.2. The Labute approximate surface area is 358 Å². The first-order chi connectivity index (χ1) is 28.0. The summed E-state index contributed by atoms with van der Waals surface area (Å²) in [5.41, 5.74) is 9.07. The lowest BCUT2D eigenvalue weighted by Crippen LogP contribution is -2.38. The fraction of sp³-hybridized carbons (Fsp3) is 0.333. The smallest absolute Gasteiger partial charge is 0.199 e. The Kier molecular flexibility index (Phi) is 11.8.